The molecular weight excluding hydrogens is 200 g/mol. The molecule has 0 aliphatic rings. The summed E-state index contributed by atoms with van der Waals surface area (Å²) in [6.07, 6.45) is 1.89. The van der Waals surface area contributed by atoms with Crippen LogP contribution in [0.5, 0.6) is 0 Å². The van der Waals surface area contributed by atoms with E-state index >= 15 is 0 Å². The third-order valence-electron chi connectivity index (χ3n) is 2.36. The summed E-state index contributed by atoms with van der Waals surface area (Å²) in [6.45, 7) is 10.6. The predicted molar refractivity (Wildman–Crippen MR) is 66.4 cm³/mol. The molecule has 1 aromatic rings. The van der Waals surface area contributed by atoms with Crippen molar-refractivity contribution in [3.63, 3.8) is 0 Å². The van der Waals surface area contributed by atoms with Crippen molar-refractivity contribution in [1.82, 2.24) is 10.3 Å². The zero-order valence-electron chi connectivity index (χ0n) is 10.7. The Kier molecular flexibility index (Phi) is 4.90. The molecule has 1 rings (SSSR count). The second-order valence-corrected chi connectivity index (χ2v) is 4.62. The van der Waals surface area contributed by atoms with Gasteiger partial charge in [0.1, 0.15) is 0 Å². The molecule has 0 radical (unpaired) electrons. The van der Waals surface area contributed by atoms with Crippen LogP contribution >= 0.6 is 0 Å². The zero-order valence-corrected chi connectivity index (χ0v) is 10.7. The number of nitrogens with zero attached hydrogens (tertiary/aromatic N) is 1. The summed E-state index contributed by atoms with van der Waals surface area (Å²) >= 11 is 0. The van der Waals surface area contributed by atoms with Crippen molar-refractivity contribution < 1.29 is 4.74 Å². The summed E-state index contributed by atoms with van der Waals surface area (Å²) in [6, 6.07) is 4.13. The Balaban J connectivity index is 2.32. The molecule has 90 valence electrons. The van der Waals surface area contributed by atoms with Gasteiger partial charge in [-0.15, -0.1) is 0 Å². The van der Waals surface area contributed by atoms with Gasteiger partial charge >= 0.3 is 0 Å². The van der Waals surface area contributed by atoms with Gasteiger partial charge in [-0.25, -0.2) is 0 Å². The molecule has 0 aromatic carbocycles. The van der Waals surface area contributed by atoms with Gasteiger partial charge in [0, 0.05) is 25.9 Å². The lowest BCUT2D eigenvalue weighted by atomic mass is 10.1. The molecule has 0 spiro atoms. The molecule has 0 saturated heterocycles. The minimum atomic E-state index is -0.112. The Morgan fingerprint density at radius 3 is 2.69 bits per heavy atom. The fraction of sp³-hybridized carbons (Fsp3) is 0.615. The van der Waals surface area contributed by atoms with Crippen LogP contribution in [0.15, 0.2) is 18.3 Å². The quantitative estimate of drug-likeness (QED) is 0.802. The van der Waals surface area contributed by atoms with E-state index in [1.807, 2.05) is 20.0 Å². The lowest BCUT2D eigenvalue weighted by Crippen LogP contribution is -2.37. The van der Waals surface area contributed by atoms with E-state index in [1.54, 1.807) is 0 Å². The highest BCUT2D eigenvalue weighted by molar-refractivity contribution is 5.11. The minimum Gasteiger partial charge on any atom is -0.375 e. The summed E-state index contributed by atoms with van der Waals surface area (Å²) < 4.78 is 5.60. The molecule has 0 fully saturated rings. The van der Waals surface area contributed by atoms with Crippen molar-refractivity contribution >= 4 is 0 Å². The standard InChI is InChI=1S/C13H22N2O/c1-5-16-13(3,4)10-14-9-12-7-6-11(2)8-15-12/h6-8,14H,5,9-10H2,1-4H3. The topological polar surface area (TPSA) is 34.1 Å². The molecule has 0 bridgehead atoms. The van der Waals surface area contributed by atoms with E-state index in [2.05, 4.69) is 36.3 Å². The first-order valence-corrected chi connectivity index (χ1v) is 5.80. The molecule has 3 heteroatoms. The van der Waals surface area contributed by atoms with Crippen molar-refractivity contribution in [2.24, 2.45) is 0 Å². The first-order chi connectivity index (χ1) is 7.53. The fourth-order valence-corrected chi connectivity index (χ4v) is 1.54. The van der Waals surface area contributed by atoms with E-state index < -0.39 is 0 Å². The number of rotatable bonds is 6. The summed E-state index contributed by atoms with van der Waals surface area (Å²) in [4.78, 5) is 4.34. The molecule has 1 N–H and O–H groups in total. The van der Waals surface area contributed by atoms with Crippen molar-refractivity contribution in [3.8, 4) is 0 Å². The van der Waals surface area contributed by atoms with E-state index in [1.165, 1.54) is 5.56 Å². The van der Waals surface area contributed by atoms with Crippen LogP contribution in [-0.2, 0) is 11.3 Å². The molecular formula is C13H22N2O. The number of ether oxygens (including phenoxy) is 1. The number of aryl methyl sites for hydroxylation is 1. The molecule has 0 aliphatic heterocycles. The van der Waals surface area contributed by atoms with E-state index in [9.17, 15) is 0 Å². The summed E-state index contributed by atoms with van der Waals surface area (Å²) in [7, 11) is 0. The molecule has 1 heterocycles. The van der Waals surface area contributed by atoms with E-state index in [4.69, 9.17) is 4.74 Å². The molecule has 0 saturated carbocycles. The van der Waals surface area contributed by atoms with Crippen LogP contribution in [0.2, 0.25) is 0 Å². The third kappa shape index (κ3) is 4.73. The van der Waals surface area contributed by atoms with Gasteiger partial charge in [-0.3, -0.25) is 4.98 Å². The molecule has 1 aromatic heterocycles. The van der Waals surface area contributed by atoms with E-state index in [0.717, 1.165) is 25.4 Å². The molecule has 0 amide bonds. The summed E-state index contributed by atoms with van der Waals surface area (Å²) in [5.41, 5.74) is 2.15. The maximum atomic E-state index is 5.60. The molecule has 0 aliphatic carbocycles. The van der Waals surface area contributed by atoms with Crippen LogP contribution in [0.25, 0.3) is 0 Å². The maximum absolute atomic E-state index is 5.60. The Bertz CT molecular complexity index is 306. The zero-order chi connectivity index (χ0) is 12.0. The fourth-order valence-electron chi connectivity index (χ4n) is 1.54. The van der Waals surface area contributed by atoms with E-state index in [0.29, 0.717) is 0 Å². The highest BCUT2D eigenvalue weighted by Gasteiger charge is 2.16. The third-order valence-corrected chi connectivity index (χ3v) is 2.36. The molecule has 16 heavy (non-hydrogen) atoms. The van der Waals surface area contributed by atoms with Crippen LogP contribution in [-0.4, -0.2) is 23.7 Å². The number of hydrogen-bond acceptors (Lipinski definition) is 3. The lowest BCUT2D eigenvalue weighted by molar-refractivity contribution is -0.00901. The van der Waals surface area contributed by atoms with Gasteiger partial charge in [-0.1, -0.05) is 6.07 Å². The SMILES string of the molecule is CCOC(C)(C)CNCc1ccc(C)cn1. The second-order valence-electron chi connectivity index (χ2n) is 4.62. The minimum absolute atomic E-state index is 0.112. The molecule has 0 unspecified atom stereocenters. The largest absolute Gasteiger partial charge is 0.375 e. The van der Waals surface area contributed by atoms with Gasteiger partial charge < -0.3 is 10.1 Å². The van der Waals surface area contributed by atoms with Gasteiger partial charge in [-0.05, 0) is 39.3 Å². The normalized spacial score (nSPS) is 11.8. The first kappa shape index (κ1) is 13.1. The number of hydrogen-bond donors (Lipinski definition) is 1. The van der Waals surface area contributed by atoms with Gasteiger partial charge in [0.15, 0.2) is 0 Å². The van der Waals surface area contributed by atoms with Crippen molar-refractivity contribution in [2.75, 3.05) is 13.2 Å². The molecule has 3 nitrogen and oxygen atoms in total. The summed E-state index contributed by atoms with van der Waals surface area (Å²) in [5, 5.41) is 3.36. The van der Waals surface area contributed by atoms with Gasteiger partial charge in [-0.2, -0.15) is 0 Å². The van der Waals surface area contributed by atoms with Crippen LogP contribution in [0.4, 0.5) is 0 Å². The lowest BCUT2D eigenvalue weighted by Gasteiger charge is -2.24. The van der Waals surface area contributed by atoms with E-state index in [-0.39, 0.29) is 5.60 Å². The van der Waals surface area contributed by atoms with Crippen LogP contribution in [0.3, 0.4) is 0 Å². The first-order valence-electron chi connectivity index (χ1n) is 5.80. The molecule has 0 atom stereocenters. The van der Waals surface area contributed by atoms with Crippen molar-refractivity contribution in [2.45, 2.75) is 39.8 Å². The maximum Gasteiger partial charge on any atom is 0.0750 e. The Hall–Kier alpha value is -0.930. The average molecular weight is 222 g/mol. The van der Waals surface area contributed by atoms with Crippen LogP contribution < -0.4 is 5.32 Å². The Labute approximate surface area is 98.2 Å². The Morgan fingerprint density at radius 1 is 1.38 bits per heavy atom. The Morgan fingerprint density at radius 2 is 2.12 bits per heavy atom. The highest BCUT2D eigenvalue weighted by Crippen LogP contribution is 2.07. The van der Waals surface area contributed by atoms with Gasteiger partial charge in [0.25, 0.3) is 0 Å². The van der Waals surface area contributed by atoms with Crippen LogP contribution in [0, 0.1) is 6.92 Å². The van der Waals surface area contributed by atoms with Gasteiger partial charge in [0.05, 0.1) is 11.3 Å². The van der Waals surface area contributed by atoms with Crippen molar-refractivity contribution in [1.29, 1.82) is 0 Å². The number of nitrogens with one attached hydrogen (secondary N) is 1. The van der Waals surface area contributed by atoms with Crippen molar-refractivity contribution in [3.05, 3.63) is 29.6 Å². The average Bonchev–Trinajstić information content (AvgIpc) is 2.20. The smallest absolute Gasteiger partial charge is 0.0750 e. The van der Waals surface area contributed by atoms with Crippen LogP contribution in [0.1, 0.15) is 32.0 Å². The highest BCUT2D eigenvalue weighted by atomic mass is 16.5. The number of pyridine rings is 1. The van der Waals surface area contributed by atoms with Gasteiger partial charge in [0.2, 0.25) is 0 Å². The summed E-state index contributed by atoms with van der Waals surface area (Å²) in [5.74, 6) is 0. The second kappa shape index (κ2) is 5.97. The predicted octanol–water partition coefficient (Wildman–Crippen LogP) is 2.29. The number of aromatic nitrogens is 1. The monoisotopic (exact) mass is 222 g/mol.